The number of anilines is 1. The summed E-state index contributed by atoms with van der Waals surface area (Å²) in [5, 5.41) is 19.4. The van der Waals surface area contributed by atoms with Gasteiger partial charge in [-0.15, -0.1) is 11.3 Å². The smallest absolute Gasteiger partial charge is 0.293 e. The van der Waals surface area contributed by atoms with Gasteiger partial charge in [0.05, 0.1) is 17.6 Å². The number of ether oxygens (including phenoxy) is 1. The number of nitrogens with zero attached hydrogens (tertiary/aromatic N) is 2. The zero-order valence-corrected chi connectivity index (χ0v) is 17.2. The van der Waals surface area contributed by atoms with Crippen molar-refractivity contribution >= 4 is 28.6 Å². The number of nitrogens with one attached hydrogen (secondary N) is 2. The maximum Gasteiger partial charge on any atom is 0.293 e. The fourth-order valence-electron chi connectivity index (χ4n) is 3.50. The highest BCUT2D eigenvalue weighted by molar-refractivity contribution is 7.10. The van der Waals surface area contributed by atoms with E-state index < -0.39 is 4.92 Å². The van der Waals surface area contributed by atoms with Crippen molar-refractivity contribution in [2.24, 2.45) is 0 Å². The lowest BCUT2D eigenvalue weighted by Crippen LogP contribution is -2.36. The van der Waals surface area contributed by atoms with Gasteiger partial charge in [-0.2, -0.15) is 0 Å². The molecule has 2 aromatic rings. The number of benzene rings is 1. The van der Waals surface area contributed by atoms with Crippen LogP contribution in [0, 0.1) is 10.1 Å². The van der Waals surface area contributed by atoms with E-state index >= 15 is 0 Å². The number of amides is 1. The van der Waals surface area contributed by atoms with Crippen LogP contribution in [0.4, 0.5) is 11.4 Å². The summed E-state index contributed by atoms with van der Waals surface area (Å²) in [6.45, 7) is 3.39. The number of likely N-dealkylation sites (tertiary alicyclic amines) is 1. The average Bonchev–Trinajstić information content (AvgIpc) is 3.43. The Hall–Kier alpha value is -2.49. The monoisotopic (exact) mass is 418 g/mol. The van der Waals surface area contributed by atoms with Crippen molar-refractivity contribution in [1.29, 1.82) is 0 Å². The quantitative estimate of drug-likeness (QED) is 0.349. The van der Waals surface area contributed by atoms with E-state index in [2.05, 4.69) is 21.6 Å². The Kier molecular flexibility index (Phi) is 7.56. The molecule has 2 heterocycles. The lowest BCUT2D eigenvalue weighted by Gasteiger charge is -2.27. The number of rotatable bonds is 10. The zero-order valence-electron chi connectivity index (χ0n) is 16.4. The highest BCUT2D eigenvalue weighted by Gasteiger charge is 2.25. The van der Waals surface area contributed by atoms with E-state index in [0.717, 1.165) is 13.1 Å². The van der Waals surface area contributed by atoms with Crippen LogP contribution in [0.2, 0.25) is 0 Å². The van der Waals surface area contributed by atoms with E-state index in [0.29, 0.717) is 25.4 Å². The van der Waals surface area contributed by atoms with Crippen molar-refractivity contribution in [3.63, 3.8) is 0 Å². The van der Waals surface area contributed by atoms with Crippen molar-refractivity contribution < 1.29 is 14.5 Å². The molecular weight excluding hydrogens is 392 g/mol. The van der Waals surface area contributed by atoms with E-state index in [1.807, 2.05) is 11.4 Å². The predicted molar refractivity (Wildman–Crippen MR) is 114 cm³/mol. The van der Waals surface area contributed by atoms with E-state index in [1.54, 1.807) is 30.6 Å². The normalized spacial score (nSPS) is 15.2. The average molecular weight is 419 g/mol. The van der Waals surface area contributed by atoms with Crippen molar-refractivity contribution in [2.75, 3.05) is 45.2 Å². The van der Waals surface area contributed by atoms with Crippen LogP contribution in [0.5, 0.6) is 0 Å². The number of carbonyl (C=O) groups is 1. The van der Waals surface area contributed by atoms with Crippen LogP contribution in [0.15, 0.2) is 35.7 Å². The van der Waals surface area contributed by atoms with Crippen molar-refractivity contribution in [3.05, 3.63) is 56.3 Å². The second-order valence-electron chi connectivity index (χ2n) is 6.89. The van der Waals surface area contributed by atoms with Crippen molar-refractivity contribution in [3.8, 4) is 0 Å². The summed E-state index contributed by atoms with van der Waals surface area (Å²) in [6.07, 6.45) is 2.33. The lowest BCUT2D eigenvalue weighted by molar-refractivity contribution is -0.384. The highest BCUT2D eigenvalue weighted by Crippen LogP contribution is 2.28. The van der Waals surface area contributed by atoms with Gasteiger partial charge < -0.3 is 15.4 Å². The Morgan fingerprint density at radius 3 is 2.79 bits per heavy atom. The maximum absolute atomic E-state index is 12.7. The third kappa shape index (κ3) is 5.53. The Labute approximate surface area is 174 Å². The van der Waals surface area contributed by atoms with E-state index in [-0.39, 0.29) is 23.2 Å². The molecule has 0 spiro atoms. The topological polar surface area (TPSA) is 96.7 Å². The summed E-state index contributed by atoms with van der Waals surface area (Å²) in [4.78, 5) is 27.2. The number of methoxy groups -OCH3 is 1. The molecule has 0 unspecified atom stereocenters. The SMILES string of the molecule is COCCNc1ccc(C(=O)NC[C@@H](c2cccs2)N2CCCC2)cc1[N+](=O)[O-]. The van der Waals surface area contributed by atoms with E-state index in [1.165, 1.54) is 23.8 Å². The number of carbonyl (C=O) groups excluding carboxylic acids is 1. The number of hydrogen-bond acceptors (Lipinski definition) is 7. The Bertz CT molecular complexity index is 822. The van der Waals surface area contributed by atoms with Gasteiger partial charge >= 0.3 is 0 Å². The molecule has 1 atom stereocenters. The number of thiophene rings is 1. The van der Waals surface area contributed by atoms with Crippen LogP contribution in [0.1, 0.15) is 34.1 Å². The summed E-state index contributed by atoms with van der Waals surface area (Å²) in [5.41, 5.74) is 0.528. The van der Waals surface area contributed by atoms with Gasteiger partial charge in [-0.05, 0) is 49.5 Å². The molecule has 2 N–H and O–H groups in total. The molecular formula is C20H26N4O4S. The third-order valence-corrected chi connectivity index (χ3v) is 5.96. The number of nitro groups is 1. The Morgan fingerprint density at radius 1 is 1.34 bits per heavy atom. The second kappa shape index (κ2) is 10.3. The van der Waals surface area contributed by atoms with Gasteiger partial charge in [-0.1, -0.05) is 6.07 Å². The largest absolute Gasteiger partial charge is 0.383 e. The third-order valence-electron chi connectivity index (χ3n) is 4.99. The summed E-state index contributed by atoms with van der Waals surface area (Å²) < 4.78 is 4.95. The molecule has 1 aliphatic heterocycles. The molecule has 1 aromatic carbocycles. The molecule has 0 aliphatic carbocycles. The van der Waals surface area contributed by atoms with Crippen LogP contribution in [0.3, 0.4) is 0 Å². The fourth-order valence-corrected chi connectivity index (χ4v) is 4.36. The van der Waals surface area contributed by atoms with Gasteiger partial charge in [0, 0.05) is 36.7 Å². The number of nitro benzene ring substituents is 1. The molecule has 1 aromatic heterocycles. The minimum Gasteiger partial charge on any atom is -0.383 e. The predicted octanol–water partition coefficient (Wildman–Crippen LogP) is 3.28. The van der Waals surface area contributed by atoms with Crippen LogP contribution in [-0.4, -0.2) is 55.6 Å². The first kappa shape index (κ1) is 21.2. The first-order chi connectivity index (χ1) is 14.1. The van der Waals surface area contributed by atoms with Gasteiger partial charge in [0.1, 0.15) is 5.69 Å². The lowest BCUT2D eigenvalue weighted by atomic mass is 10.1. The molecule has 0 bridgehead atoms. The van der Waals surface area contributed by atoms with Gasteiger partial charge in [0.2, 0.25) is 0 Å². The molecule has 0 radical (unpaired) electrons. The summed E-state index contributed by atoms with van der Waals surface area (Å²) >= 11 is 1.68. The van der Waals surface area contributed by atoms with Gasteiger partial charge in [0.25, 0.3) is 11.6 Å². The van der Waals surface area contributed by atoms with Crippen molar-refractivity contribution in [2.45, 2.75) is 18.9 Å². The molecule has 0 saturated carbocycles. The summed E-state index contributed by atoms with van der Waals surface area (Å²) in [6, 6.07) is 8.73. The fraction of sp³-hybridized carbons (Fsp3) is 0.450. The summed E-state index contributed by atoms with van der Waals surface area (Å²) in [5.74, 6) is -0.308. The van der Waals surface area contributed by atoms with E-state index in [9.17, 15) is 14.9 Å². The summed E-state index contributed by atoms with van der Waals surface area (Å²) in [7, 11) is 1.56. The standard InChI is InChI=1S/C20H26N4O4S/c1-28-11-8-21-16-7-6-15(13-17(16)24(26)27)20(25)22-14-18(19-5-4-12-29-19)23-9-2-3-10-23/h4-7,12-13,18,21H,2-3,8-11,14H2,1H3,(H,22,25)/t18-/m0/s1. The minimum absolute atomic E-state index is 0.122. The molecule has 1 saturated heterocycles. The maximum atomic E-state index is 12.7. The van der Waals surface area contributed by atoms with Gasteiger partial charge in [-0.3, -0.25) is 19.8 Å². The van der Waals surface area contributed by atoms with Crippen molar-refractivity contribution in [1.82, 2.24) is 10.2 Å². The Balaban J connectivity index is 1.69. The molecule has 8 nitrogen and oxygen atoms in total. The molecule has 3 rings (SSSR count). The second-order valence-corrected chi connectivity index (χ2v) is 7.87. The first-order valence-electron chi connectivity index (χ1n) is 9.67. The highest BCUT2D eigenvalue weighted by atomic mass is 32.1. The van der Waals surface area contributed by atoms with Gasteiger partial charge in [0.15, 0.2) is 0 Å². The molecule has 1 fully saturated rings. The van der Waals surface area contributed by atoms with Crippen LogP contribution < -0.4 is 10.6 Å². The van der Waals surface area contributed by atoms with Crippen LogP contribution >= 0.6 is 11.3 Å². The number of hydrogen-bond donors (Lipinski definition) is 2. The molecule has 156 valence electrons. The zero-order chi connectivity index (χ0) is 20.6. The van der Waals surface area contributed by atoms with Crippen LogP contribution in [-0.2, 0) is 4.74 Å². The van der Waals surface area contributed by atoms with E-state index in [4.69, 9.17) is 4.74 Å². The van der Waals surface area contributed by atoms with Gasteiger partial charge in [-0.25, -0.2) is 0 Å². The Morgan fingerprint density at radius 2 is 2.14 bits per heavy atom. The molecule has 9 heteroatoms. The molecule has 1 amide bonds. The van der Waals surface area contributed by atoms with Crippen LogP contribution in [0.25, 0.3) is 0 Å². The molecule has 1 aliphatic rings. The first-order valence-corrected chi connectivity index (χ1v) is 10.5. The molecule has 29 heavy (non-hydrogen) atoms. The minimum atomic E-state index is -0.482.